The van der Waals surface area contributed by atoms with Crippen LogP contribution in [0, 0.1) is 5.82 Å². The minimum atomic E-state index is -0.433. The number of halogens is 1. The minimum Gasteiger partial charge on any atom is -0.494 e. The molecule has 184 valence electrons. The zero-order chi connectivity index (χ0) is 24.6. The normalized spacial score (nSPS) is 16.5. The lowest BCUT2D eigenvalue weighted by Crippen LogP contribution is -2.38. The van der Waals surface area contributed by atoms with Crippen molar-refractivity contribution < 1.29 is 13.9 Å². The van der Waals surface area contributed by atoms with Crippen LogP contribution in [0.1, 0.15) is 53.1 Å². The van der Waals surface area contributed by atoms with Crippen molar-refractivity contribution in [2.45, 2.75) is 45.2 Å². The molecule has 0 bridgehead atoms. The minimum absolute atomic E-state index is 0.218. The average Bonchev–Trinajstić information content (AvgIpc) is 3.47. The molecule has 4 aromatic rings. The zero-order valence-electron chi connectivity index (χ0n) is 20.2. The Bertz CT molecular complexity index is 1410. The number of rotatable bonds is 4. The predicted octanol–water partition coefficient (Wildman–Crippen LogP) is 7.09. The number of hydrogen-bond donors (Lipinski definition) is 1. The SMILES string of the molecule is CCOc1ccc(NC(=O)N2Cc3c(sc4c3CCCC4)-n3cccc3C2c2cccc(F)c2)cc1. The Morgan fingerprint density at radius 1 is 1.08 bits per heavy atom. The molecule has 0 saturated heterocycles. The van der Waals surface area contributed by atoms with E-state index in [0.717, 1.165) is 29.8 Å². The standard InChI is InChI=1S/C29H28FN3O2S/c1-2-35-22-14-12-21(13-15-22)31-29(34)33-18-24-23-9-3-4-11-26(23)36-28(24)32-16-6-10-25(32)27(33)19-7-5-8-20(30)17-19/h5-8,10,12-17,27H,2-4,9,11,18H2,1H3,(H,31,34). The number of carbonyl (C=O) groups is 1. The molecule has 3 heterocycles. The van der Waals surface area contributed by atoms with Crippen LogP contribution in [0.15, 0.2) is 66.9 Å². The smallest absolute Gasteiger partial charge is 0.322 e. The number of ether oxygens (including phenoxy) is 1. The van der Waals surface area contributed by atoms with E-state index < -0.39 is 6.04 Å². The molecule has 1 aliphatic carbocycles. The Kier molecular flexibility index (Phi) is 6.01. The molecule has 1 N–H and O–H groups in total. The molecule has 0 saturated carbocycles. The van der Waals surface area contributed by atoms with Crippen LogP contribution in [0.25, 0.3) is 5.00 Å². The summed E-state index contributed by atoms with van der Waals surface area (Å²) in [5.41, 5.74) is 5.00. The molecule has 6 rings (SSSR count). The van der Waals surface area contributed by atoms with Crippen LogP contribution in [0.3, 0.4) is 0 Å². The van der Waals surface area contributed by atoms with Gasteiger partial charge in [-0.15, -0.1) is 11.3 Å². The van der Waals surface area contributed by atoms with Crippen LogP contribution < -0.4 is 10.1 Å². The van der Waals surface area contributed by atoms with E-state index in [-0.39, 0.29) is 11.8 Å². The van der Waals surface area contributed by atoms with Gasteiger partial charge in [0.15, 0.2) is 0 Å². The highest BCUT2D eigenvalue weighted by Crippen LogP contribution is 2.44. The average molecular weight is 502 g/mol. The quantitative estimate of drug-likeness (QED) is 0.324. The summed E-state index contributed by atoms with van der Waals surface area (Å²) in [4.78, 5) is 17.2. The number of urea groups is 1. The van der Waals surface area contributed by atoms with Gasteiger partial charge in [-0.05, 0) is 92.3 Å². The first-order valence-corrected chi connectivity index (χ1v) is 13.3. The zero-order valence-corrected chi connectivity index (χ0v) is 21.0. The molecular formula is C29H28FN3O2S. The first-order chi connectivity index (χ1) is 17.6. The second-order valence-electron chi connectivity index (χ2n) is 9.27. The van der Waals surface area contributed by atoms with Crippen molar-refractivity contribution >= 4 is 23.1 Å². The summed E-state index contributed by atoms with van der Waals surface area (Å²) in [6.07, 6.45) is 6.57. The van der Waals surface area contributed by atoms with Gasteiger partial charge in [-0.1, -0.05) is 12.1 Å². The van der Waals surface area contributed by atoms with Gasteiger partial charge in [0, 0.05) is 22.3 Å². The largest absolute Gasteiger partial charge is 0.494 e. The molecule has 1 unspecified atom stereocenters. The summed E-state index contributed by atoms with van der Waals surface area (Å²) >= 11 is 1.84. The van der Waals surface area contributed by atoms with Crippen molar-refractivity contribution in [3.63, 3.8) is 0 Å². The van der Waals surface area contributed by atoms with Crippen LogP contribution in [-0.4, -0.2) is 22.1 Å². The van der Waals surface area contributed by atoms with Gasteiger partial charge >= 0.3 is 6.03 Å². The molecule has 0 radical (unpaired) electrons. The summed E-state index contributed by atoms with van der Waals surface area (Å²) in [7, 11) is 0. The van der Waals surface area contributed by atoms with Gasteiger partial charge in [0.1, 0.15) is 16.6 Å². The number of hydrogen-bond acceptors (Lipinski definition) is 3. The van der Waals surface area contributed by atoms with Gasteiger partial charge in [0.2, 0.25) is 0 Å². The van der Waals surface area contributed by atoms with E-state index in [4.69, 9.17) is 4.74 Å². The summed E-state index contributed by atoms with van der Waals surface area (Å²) in [5, 5.41) is 4.26. The number of nitrogens with zero attached hydrogens (tertiary/aromatic N) is 2. The fraction of sp³-hybridized carbons (Fsp3) is 0.276. The van der Waals surface area contributed by atoms with Crippen molar-refractivity contribution in [1.29, 1.82) is 0 Å². The van der Waals surface area contributed by atoms with E-state index in [9.17, 15) is 9.18 Å². The van der Waals surface area contributed by atoms with Crippen LogP contribution in [-0.2, 0) is 19.4 Å². The van der Waals surface area contributed by atoms with E-state index in [1.165, 1.54) is 46.0 Å². The Balaban J connectivity index is 1.44. The molecule has 2 aromatic carbocycles. The molecule has 0 fully saturated rings. The lowest BCUT2D eigenvalue weighted by molar-refractivity contribution is 0.194. The van der Waals surface area contributed by atoms with Crippen molar-refractivity contribution in [3.05, 3.63) is 99.9 Å². The number of benzene rings is 2. The highest BCUT2D eigenvalue weighted by atomic mass is 32.1. The Morgan fingerprint density at radius 2 is 1.92 bits per heavy atom. The van der Waals surface area contributed by atoms with Crippen LogP contribution in [0.5, 0.6) is 5.75 Å². The fourth-order valence-corrected chi connectivity index (χ4v) is 6.81. The first kappa shape index (κ1) is 22.9. The van der Waals surface area contributed by atoms with Gasteiger partial charge in [-0.25, -0.2) is 9.18 Å². The van der Waals surface area contributed by atoms with E-state index in [0.29, 0.717) is 18.8 Å². The Morgan fingerprint density at radius 3 is 2.72 bits per heavy atom. The number of aryl methyl sites for hydroxylation is 1. The Labute approximate surface area is 214 Å². The number of amides is 2. The highest BCUT2D eigenvalue weighted by Gasteiger charge is 2.36. The summed E-state index contributed by atoms with van der Waals surface area (Å²) in [6, 6.07) is 17.4. The van der Waals surface area contributed by atoms with Crippen molar-refractivity contribution in [1.82, 2.24) is 9.47 Å². The summed E-state index contributed by atoms with van der Waals surface area (Å²) in [5.74, 6) is 0.448. The Hall–Kier alpha value is -3.58. The van der Waals surface area contributed by atoms with E-state index >= 15 is 0 Å². The topological polar surface area (TPSA) is 46.5 Å². The number of carbonyl (C=O) groups excluding carboxylic acids is 1. The molecule has 5 nitrogen and oxygen atoms in total. The van der Waals surface area contributed by atoms with Gasteiger partial charge in [0.05, 0.1) is 24.9 Å². The number of thiophene rings is 1. The monoisotopic (exact) mass is 501 g/mol. The van der Waals surface area contributed by atoms with Crippen molar-refractivity contribution in [2.75, 3.05) is 11.9 Å². The lowest BCUT2D eigenvalue weighted by Gasteiger charge is -2.31. The molecular weight excluding hydrogens is 473 g/mol. The molecule has 2 amide bonds. The maximum Gasteiger partial charge on any atom is 0.322 e. The first-order valence-electron chi connectivity index (χ1n) is 12.5. The van der Waals surface area contributed by atoms with Crippen LogP contribution in [0.2, 0.25) is 0 Å². The van der Waals surface area contributed by atoms with Gasteiger partial charge in [0.25, 0.3) is 0 Å². The van der Waals surface area contributed by atoms with Gasteiger partial charge < -0.3 is 19.5 Å². The molecule has 36 heavy (non-hydrogen) atoms. The van der Waals surface area contributed by atoms with Crippen molar-refractivity contribution in [3.8, 4) is 10.8 Å². The molecule has 1 atom stereocenters. The summed E-state index contributed by atoms with van der Waals surface area (Å²) in [6.45, 7) is 2.99. The predicted molar refractivity (Wildman–Crippen MR) is 141 cm³/mol. The third-order valence-corrected chi connectivity index (χ3v) is 8.35. The van der Waals surface area contributed by atoms with E-state index in [1.54, 1.807) is 6.07 Å². The fourth-order valence-electron chi connectivity index (χ4n) is 5.41. The number of fused-ring (bicyclic) bond motifs is 5. The molecule has 7 heteroatoms. The van der Waals surface area contributed by atoms with Crippen LogP contribution in [0.4, 0.5) is 14.9 Å². The van der Waals surface area contributed by atoms with E-state index in [1.807, 2.05) is 65.6 Å². The molecule has 2 aliphatic rings. The van der Waals surface area contributed by atoms with Gasteiger partial charge in [-0.3, -0.25) is 0 Å². The van der Waals surface area contributed by atoms with Crippen LogP contribution >= 0.6 is 11.3 Å². The third-order valence-electron chi connectivity index (χ3n) is 7.02. The van der Waals surface area contributed by atoms with E-state index in [2.05, 4.69) is 16.1 Å². The number of aromatic nitrogens is 1. The molecule has 1 aliphatic heterocycles. The second kappa shape index (κ2) is 9.47. The third kappa shape index (κ3) is 4.07. The number of anilines is 1. The molecule has 2 aromatic heterocycles. The molecule has 0 spiro atoms. The maximum atomic E-state index is 14.4. The lowest BCUT2D eigenvalue weighted by atomic mass is 9.95. The van der Waals surface area contributed by atoms with Crippen molar-refractivity contribution in [2.24, 2.45) is 0 Å². The number of nitrogens with one attached hydrogen (secondary N) is 1. The van der Waals surface area contributed by atoms with Gasteiger partial charge in [-0.2, -0.15) is 0 Å². The second-order valence-corrected chi connectivity index (χ2v) is 10.4. The maximum absolute atomic E-state index is 14.4. The highest BCUT2D eigenvalue weighted by molar-refractivity contribution is 7.15. The summed E-state index contributed by atoms with van der Waals surface area (Å²) < 4.78 is 22.1.